The molecule has 3 N–H and O–H groups in total. The molecule has 0 amide bonds. The zero-order valence-electron chi connectivity index (χ0n) is 4.46. The van der Waals surface area contributed by atoms with Crippen LogP contribution < -0.4 is 5.73 Å². The van der Waals surface area contributed by atoms with E-state index in [1.807, 2.05) is 0 Å². The highest BCUT2D eigenvalue weighted by molar-refractivity contribution is 7.97. The van der Waals surface area contributed by atoms with E-state index < -0.39 is 0 Å². The topological polar surface area (TPSA) is 71.8 Å². The van der Waals surface area contributed by atoms with Crippen molar-refractivity contribution in [2.24, 2.45) is 0 Å². The SMILES string of the molecule is Nc1[nH]ncc1C(=O)S. The van der Waals surface area contributed by atoms with Crippen LogP contribution in [-0.4, -0.2) is 15.3 Å². The third-order valence-electron chi connectivity index (χ3n) is 0.899. The van der Waals surface area contributed by atoms with Gasteiger partial charge in [-0.2, -0.15) is 5.10 Å². The molecule has 0 unspecified atom stereocenters. The molecule has 0 aliphatic heterocycles. The van der Waals surface area contributed by atoms with E-state index in [-0.39, 0.29) is 10.9 Å². The Labute approximate surface area is 56.9 Å². The number of nitrogen functional groups attached to an aromatic ring is 1. The summed E-state index contributed by atoms with van der Waals surface area (Å²) in [4.78, 5) is 10.5. The van der Waals surface area contributed by atoms with Crippen LogP contribution in [0.3, 0.4) is 0 Å². The normalized spacial score (nSPS) is 9.44. The number of nitrogens with zero attached hydrogens (tertiary/aromatic N) is 1. The number of carbonyl (C=O) groups excluding carboxylic acids is 1. The molecule has 0 radical (unpaired) electrons. The highest BCUT2D eigenvalue weighted by Crippen LogP contribution is 2.07. The predicted molar refractivity (Wildman–Crippen MR) is 36.3 cm³/mol. The Balaban J connectivity index is 3.08. The minimum absolute atomic E-state index is 0.259. The van der Waals surface area contributed by atoms with E-state index in [1.165, 1.54) is 6.20 Å². The van der Waals surface area contributed by atoms with E-state index in [1.54, 1.807) is 0 Å². The number of H-pyrrole nitrogens is 1. The zero-order chi connectivity index (χ0) is 6.85. The molecule has 0 atom stereocenters. The Morgan fingerprint density at radius 2 is 2.56 bits per heavy atom. The van der Waals surface area contributed by atoms with Gasteiger partial charge in [0, 0.05) is 0 Å². The first-order valence-corrected chi connectivity index (χ1v) is 2.68. The Kier molecular flexibility index (Phi) is 1.44. The van der Waals surface area contributed by atoms with Gasteiger partial charge >= 0.3 is 0 Å². The van der Waals surface area contributed by atoms with Gasteiger partial charge < -0.3 is 5.73 Å². The molecule has 0 aromatic carbocycles. The molecule has 5 heteroatoms. The summed E-state index contributed by atoms with van der Waals surface area (Å²) in [5, 5.41) is 5.56. The minimum Gasteiger partial charge on any atom is -0.383 e. The van der Waals surface area contributed by atoms with Crippen LogP contribution in [0.15, 0.2) is 6.20 Å². The van der Waals surface area contributed by atoms with Crippen LogP contribution in [0.2, 0.25) is 0 Å². The number of anilines is 1. The second-order valence-corrected chi connectivity index (χ2v) is 1.91. The standard InChI is InChI=1S/C4H5N3OS/c5-3-2(4(8)9)1-6-7-3/h1H,(H,8,9)(H3,5,6,7). The van der Waals surface area contributed by atoms with Crippen LogP contribution in [0, 0.1) is 0 Å². The summed E-state index contributed by atoms with van der Waals surface area (Å²) >= 11 is 3.54. The number of hydrogen-bond donors (Lipinski definition) is 3. The van der Waals surface area contributed by atoms with Crippen LogP contribution in [0.1, 0.15) is 10.4 Å². The molecular formula is C4H5N3OS. The maximum Gasteiger partial charge on any atom is 0.221 e. The van der Waals surface area contributed by atoms with Crippen molar-refractivity contribution < 1.29 is 4.79 Å². The molecular weight excluding hydrogens is 138 g/mol. The molecule has 4 nitrogen and oxygen atoms in total. The molecule has 0 saturated heterocycles. The summed E-state index contributed by atoms with van der Waals surface area (Å²) in [7, 11) is 0. The van der Waals surface area contributed by atoms with Gasteiger partial charge in [-0.25, -0.2) is 0 Å². The van der Waals surface area contributed by atoms with E-state index in [0.29, 0.717) is 5.56 Å². The molecule has 0 saturated carbocycles. The third kappa shape index (κ3) is 1.05. The summed E-state index contributed by atoms with van der Waals surface area (Å²) in [6.07, 6.45) is 1.34. The van der Waals surface area contributed by atoms with Crippen molar-refractivity contribution in [3.8, 4) is 0 Å². The Morgan fingerprint density at radius 3 is 2.78 bits per heavy atom. The van der Waals surface area contributed by atoms with Crippen LogP contribution in [0.4, 0.5) is 5.82 Å². The van der Waals surface area contributed by atoms with Crippen LogP contribution >= 0.6 is 12.6 Å². The van der Waals surface area contributed by atoms with Crippen molar-refractivity contribution >= 4 is 23.6 Å². The number of thiol groups is 1. The predicted octanol–water partition coefficient (Wildman–Crippen LogP) is 0.0619. The van der Waals surface area contributed by atoms with Crippen molar-refractivity contribution in [1.82, 2.24) is 10.2 Å². The smallest absolute Gasteiger partial charge is 0.221 e. The number of aromatic amines is 1. The van der Waals surface area contributed by atoms with E-state index in [4.69, 9.17) is 5.73 Å². The lowest BCUT2D eigenvalue weighted by Gasteiger charge is -1.85. The van der Waals surface area contributed by atoms with Crippen molar-refractivity contribution in [3.05, 3.63) is 11.8 Å². The van der Waals surface area contributed by atoms with Gasteiger partial charge in [-0.05, 0) is 0 Å². The van der Waals surface area contributed by atoms with E-state index in [9.17, 15) is 4.79 Å². The fourth-order valence-electron chi connectivity index (χ4n) is 0.467. The van der Waals surface area contributed by atoms with E-state index in [2.05, 4.69) is 22.8 Å². The van der Waals surface area contributed by atoms with Gasteiger partial charge in [0.25, 0.3) is 0 Å². The molecule has 0 aliphatic carbocycles. The lowest BCUT2D eigenvalue weighted by Crippen LogP contribution is -1.93. The van der Waals surface area contributed by atoms with Gasteiger partial charge in [-0.1, -0.05) is 0 Å². The van der Waals surface area contributed by atoms with Crippen molar-refractivity contribution in [3.63, 3.8) is 0 Å². The van der Waals surface area contributed by atoms with Gasteiger partial charge in [-0.3, -0.25) is 9.89 Å². The molecule has 1 aromatic heterocycles. The lowest BCUT2D eigenvalue weighted by atomic mass is 10.4. The summed E-state index contributed by atoms with van der Waals surface area (Å²) in [6, 6.07) is 0. The van der Waals surface area contributed by atoms with Gasteiger partial charge in [-0.15, -0.1) is 12.6 Å². The van der Waals surface area contributed by atoms with Crippen LogP contribution in [0.5, 0.6) is 0 Å². The van der Waals surface area contributed by atoms with E-state index >= 15 is 0 Å². The molecule has 0 aliphatic rings. The van der Waals surface area contributed by atoms with Crippen LogP contribution in [0.25, 0.3) is 0 Å². The summed E-state index contributed by atoms with van der Waals surface area (Å²) in [5.74, 6) is 0.259. The van der Waals surface area contributed by atoms with Gasteiger partial charge in [0.15, 0.2) is 0 Å². The minimum atomic E-state index is -0.374. The molecule has 0 fully saturated rings. The zero-order valence-corrected chi connectivity index (χ0v) is 5.35. The number of hydrogen-bond acceptors (Lipinski definition) is 3. The highest BCUT2D eigenvalue weighted by Gasteiger charge is 2.05. The lowest BCUT2D eigenvalue weighted by molar-refractivity contribution is 0.109. The maximum atomic E-state index is 10.5. The summed E-state index contributed by atoms with van der Waals surface area (Å²) < 4.78 is 0. The second-order valence-electron chi connectivity index (χ2n) is 1.50. The molecule has 0 bridgehead atoms. The second kappa shape index (κ2) is 2.10. The molecule has 48 valence electrons. The Bertz CT molecular complexity index is 231. The fourth-order valence-corrected chi connectivity index (χ4v) is 0.645. The first kappa shape index (κ1) is 6.15. The van der Waals surface area contributed by atoms with Crippen molar-refractivity contribution in [1.29, 1.82) is 0 Å². The molecule has 1 aromatic rings. The first-order valence-electron chi connectivity index (χ1n) is 2.24. The monoisotopic (exact) mass is 143 g/mol. The molecule has 9 heavy (non-hydrogen) atoms. The molecule has 1 heterocycles. The Hall–Kier alpha value is -0.970. The number of carbonyl (C=O) groups is 1. The van der Waals surface area contributed by atoms with Gasteiger partial charge in [0.05, 0.1) is 11.8 Å². The van der Waals surface area contributed by atoms with Gasteiger partial charge in [0.1, 0.15) is 5.82 Å². The number of rotatable bonds is 1. The quantitative estimate of drug-likeness (QED) is 0.487. The molecule has 1 rings (SSSR count). The van der Waals surface area contributed by atoms with Gasteiger partial charge in [0.2, 0.25) is 5.12 Å². The summed E-state index contributed by atoms with van der Waals surface area (Å²) in [5.41, 5.74) is 5.57. The fraction of sp³-hybridized carbons (Fsp3) is 0. The largest absolute Gasteiger partial charge is 0.383 e. The van der Waals surface area contributed by atoms with Crippen molar-refractivity contribution in [2.45, 2.75) is 0 Å². The maximum absolute atomic E-state index is 10.5. The summed E-state index contributed by atoms with van der Waals surface area (Å²) in [6.45, 7) is 0. The average Bonchev–Trinajstić information content (AvgIpc) is 2.13. The van der Waals surface area contributed by atoms with Crippen molar-refractivity contribution in [2.75, 3.05) is 5.73 Å². The molecule has 0 spiro atoms. The first-order chi connectivity index (χ1) is 4.22. The number of nitrogens with one attached hydrogen (secondary N) is 1. The average molecular weight is 143 g/mol. The number of nitrogens with two attached hydrogens (primary N) is 1. The number of aromatic nitrogens is 2. The Morgan fingerprint density at radius 1 is 1.89 bits per heavy atom. The highest BCUT2D eigenvalue weighted by atomic mass is 32.1. The third-order valence-corrected chi connectivity index (χ3v) is 1.14. The van der Waals surface area contributed by atoms with E-state index in [0.717, 1.165) is 0 Å². The van der Waals surface area contributed by atoms with Crippen LogP contribution in [-0.2, 0) is 0 Å².